The summed E-state index contributed by atoms with van der Waals surface area (Å²) in [6, 6.07) is 25.7. The molecule has 1 aromatic heterocycles. The predicted octanol–water partition coefficient (Wildman–Crippen LogP) is 5.21. The zero-order valence-electron chi connectivity index (χ0n) is 15.0. The first kappa shape index (κ1) is 17.9. The maximum Gasteiger partial charge on any atom is 0.261 e. The van der Waals surface area contributed by atoms with Crippen molar-refractivity contribution >= 4 is 38.6 Å². The van der Waals surface area contributed by atoms with Crippen molar-refractivity contribution in [3.05, 3.63) is 102 Å². The van der Waals surface area contributed by atoms with Crippen LogP contribution in [0.5, 0.6) is 0 Å². The summed E-state index contributed by atoms with van der Waals surface area (Å²) < 4.78 is 28.3. The van der Waals surface area contributed by atoms with E-state index in [1.54, 1.807) is 30.5 Å². The molecule has 0 radical (unpaired) electrons. The number of benzene rings is 3. The number of hydrogen-bond acceptors (Lipinski definition) is 3. The van der Waals surface area contributed by atoms with Gasteiger partial charge in [-0.2, -0.15) is 0 Å². The molecule has 4 nitrogen and oxygen atoms in total. The van der Waals surface area contributed by atoms with Crippen LogP contribution in [0.25, 0.3) is 22.9 Å². The Kier molecular flexibility index (Phi) is 4.91. The summed E-state index contributed by atoms with van der Waals surface area (Å²) in [4.78, 5) is 4.48. The molecule has 0 saturated heterocycles. The summed E-state index contributed by atoms with van der Waals surface area (Å²) >= 11 is 0. The smallest absolute Gasteiger partial charge is 0.261 e. The van der Waals surface area contributed by atoms with E-state index >= 15 is 0 Å². The van der Waals surface area contributed by atoms with Crippen LogP contribution in [0, 0.1) is 0 Å². The monoisotopic (exact) mass is 386 g/mol. The van der Waals surface area contributed by atoms with E-state index in [1.807, 2.05) is 72.8 Å². The molecule has 0 fully saturated rings. The molecule has 0 aliphatic heterocycles. The summed E-state index contributed by atoms with van der Waals surface area (Å²) in [5, 5.41) is 1.89. The molecule has 0 unspecified atom stereocenters. The van der Waals surface area contributed by atoms with E-state index in [1.165, 1.54) is 0 Å². The van der Waals surface area contributed by atoms with Gasteiger partial charge in [0.15, 0.2) is 0 Å². The van der Waals surface area contributed by atoms with Crippen LogP contribution < -0.4 is 4.72 Å². The van der Waals surface area contributed by atoms with Gasteiger partial charge in [0.25, 0.3) is 10.0 Å². The molecular formula is C23H18N2O2S. The second kappa shape index (κ2) is 7.66. The molecule has 1 N–H and O–H groups in total. The fourth-order valence-corrected chi connectivity index (χ4v) is 4.00. The van der Waals surface area contributed by atoms with Crippen molar-refractivity contribution in [1.82, 2.24) is 4.98 Å². The van der Waals surface area contributed by atoms with Gasteiger partial charge in [0.05, 0.1) is 10.6 Å². The zero-order chi connectivity index (χ0) is 19.4. The fourth-order valence-electron chi connectivity index (χ4n) is 2.91. The quantitative estimate of drug-likeness (QED) is 0.512. The lowest BCUT2D eigenvalue weighted by Gasteiger charge is -2.09. The van der Waals surface area contributed by atoms with Gasteiger partial charge in [-0.15, -0.1) is 0 Å². The number of nitrogens with one attached hydrogen (secondary N) is 1. The Morgan fingerprint density at radius 2 is 1.57 bits per heavy atom. The Labute approximate surface area is 164 Å². The van der Waals surface area contributed by atoms with Crippen LogP contribution in [0.4, 0.5) is 5.69 Å². The van der Waals surface area contributed by atoms with Crippen LogP contribution in [-0.2, 0) is 10.0 Å². The van der Waals surface area contributed by atoms with Crippen molar-refractivity contribution in [3.8, 4) is 0 Å². The highest BCUT2D eigenvalue weighted by Crippen LogP contribution is 2.22. The lowest BCUT2D eigenvalue weighted by molar-refractivity contribution is 0.601. The topological polar surface area (TPSA) is 59.1 Å². The molecule has 28 heavy (non-hydrogen) atoms. The number of rotatable bonds is 5. The number of anilines is 1. The Hall–Kier alpha value is -3.44. The summed E-state index contributed by atoms with van der Waals surface area (Å²) in [7, 11) is -3.68. The molecule has 1 heterocycles. The Balaban J connectivity index is 1.58. The molecule has 0 aliphatic rings. The minimum absolute atomic E-state index is 0.237. The molecule has 4 rings (SSSR count). The van der Waals surface area contributed by atoms with Gasteiger partial charge < -0.3 is 0 Å². The second-order valence-electron chi connectivity index (χ2n) is 6.33. The normalized spacial score (nSPS) is 11.7. The summed E-state index contributed by atoms with van der Waals surface area (Å²) in [6.45, 7) is 0. The molecule has 138 valence electrons. The van der Waals surface area contributed by atoms with Gasteiger partial charge in [-0.25, -0.2) is 8.42 Å². The van der Waals surface area contributed by atoms with Crippen LogP contribution in [0.15, 0.2) is 96.0 Å². The highest BCUT2D eigenvalue weighted by Gasteiger charge is 2.14. The second-order valence-corrected chi connectivity index (χ2v) is 8.01. The lowest BCUT2D eigenvalue weighted by atomic mass is 10.1. The predicted molar refractivity (Wildman–Crippen MR) is 114 cm³/mol. The van der Waals surface area contributed by atoms with Crippen molar-refractivity contribution < 1.29 is 8.42 Å². The molecule has 0 saturated carbocycles. The molecule has 0 amide bonds. The molecule has 4 aromatic rings. The molecule has 0 aliphatic carbocycles. The Morgan fingerprint density at radius 3 is 2.39 bits per heavy atom. The number of hydrogen-bond donors (Lipinski definition) is 1. The Morgan fingerprint density at radius 1 is 0.750 bits per heavy atom. The van der Waals surface area contributed by atoms with Crippen molar-refractivity contribution in [2.75, 3.05) is 4.72 Å². The molecule has 5 heteroatoms. The van der Waals surface area contributed by atoms with Gasteiger partial charge in [0.2, 0.25) is 0 Å². The van der Waals surface area contributed by atoms with E-state index in [0.717, 1.165) is 22.0 Å². The summed E-state index contributed by atoms with van der Waals surface area (Å²) in [6.07, 6.45) is 5.51. The van der Waals surface area contributed by atoms with Crippen molar-refractivity contribution in [2.45, 2.75) is 4.90 Å². The molecular weight excluding hydrogens is 368 g/mol. The summed E-state index contributed by atoms with van der Waals surface area (Å²) in [5.74, 6) is 0. The zero-order valence-corrected chi connectivity index (χ0v) is 15.8. The molecule has 0 bridgehead atoms. The average molecular weight is 386 g/mol. The first-order chi connectivity index (χ1) is 13.6. The van der Waals surface area contributed by atoms with Crippen molar-refractivity contribution in [3.63, 3.8) is 0 Å². The van der Waals surface area contributed by atoms with E-state index in [9.17, 15) is 8.42 Å². The van der Waals surface area contributed by atoms with Crippen LogP contribution in [-0.4, -0.2) is 13.4 Å². The van der Waals surface area contributed by atoms with Crippen LogP contribution in [0.3, 0.4) is 0 Å². The van der Waals surface area contributed by atoms with Gasteiger partial charge in [-0.05, 0) is 58.8 Å². The van der Waals surface area contributed by atoms with E-state index in [2.05, 4.69) is 9.71 Å². The number of aromatic nitrogens is 1. The largest absolute Gasteiger partial charge is 0.280 e. The van der Waals surface area contributed by atoms with Gasteiger partial charge in [-0.1, -0.05) is 54.6 Å². The van der Waals surface area contributed by atoms with E-state index in [0.29, 0.717) is 5.69 Å². The maximum absolute atomic E-state index is 12.8. The highest BCUT2D eigenvalue weighted by molar-refractivity contribution is 7.92. The first-order valence-corrected chi connectivity index (χ1v) is 10.3. The minimum Gasteiger partial charge on any atom is -0.280 e. The number of fused-ring (bicyclic) bond motifs is 1. The Bertz CT molecular complexity index is 1250. The number of nitrogens with zero attached hydrogens (tertiary/aromatic N) is 1. The first-order valence-electron chi connectivity index (χ1n) is 8.81. The van der Waals surface area contributed by atoms with E-state index in [-0.39, 0.29) is 4.90 Å². The molecule has 3 aromatic carbocycles. The van der Waals surface area contributed by atoms with Gasteiger partial charge in [0.1, 0.15) is 0 Å². The summed E-state index contributed by atoms with van der Waals surface area (Å²) in [5.41, 5.74) is 2.23. The van der Waals surface area contributed by atoms with E-state index in [4.69, 9.17) is 0 Å². The van der Waals surface area contributed by atoms with Gasteiger partial charge in [-0.3, -0.25) is 9.71 Å². The number of sulfonamides is 1. The third-order valence-corrected chi connectivity index (χ3v) is 5.68. The van der Waals surface area contributed by atoms with Crippen LogP contribution in [0.2, 0.25) is 0 Å². The van der Waals surface area contributed by atoms with Crippen molar-refractivity contribution in [2.24, 2.45) is 0 Å². The standard InChI is InChI=1S/C23H18N2O2S/c26-28(27,23-14-12-19-7-1-2-8-20(19)17-23)25-22-10-5-6-18(16-22)11-13-21-9-3-4-15-24-21/h1-17,25H/b13-11+. The fraction of sp³-hybridized carbons (Fsp3) is 0. The molecule has 0 spiro atoms. The van der Waals surface area contributed by atoms with Gasteiger partial charge >= 0.3 is 0 Å². The van der Waals surface area contributed by atoms with Crippen molar-refractivity contribution in [1.29, 1.82) is 0 Å². The third kappa shape index (κ3) is 4.10. The van der Waals surface area contributed by atoms with Crippen LogP contribution >= 0.6 is 0 Å². The number of pyridine rings is 1. The third-order valence-electron chi connectivity index (χ3n) is 4.30. The molecule has 0 atom stereocenters. The lowest BCUT2D eigenvalue weighted by Crippen LogP contribution is -2.12. The highest BCUT2D eigenvalue weighted by atomic mass is 32.2. The maximum atomic E-state index is 12.8. The minimum atomic E-state index is -3.68. The SMILES string of the molecule is O=S(=O)(Nc1cccc(/C=C/c2ccccn2)c1)c1ccc2ccccc2c1. The van der Waals surface area contributed by atoms with Gasteiger partial charge in [0, 0.05) is 11.9 Å². The average Bonchev–Trinajstić information content (AvgIpc) is 2.72. The van der Waals surface area contributed by atoms with Crippen LogP contribution in [0.1, 0.15) is 11.3 Å². The van der Waals surface area contributed by atoms with E-state index < -0.39 is 10.0 Å².